The topological polar surface area (TPSA) is 57.5 Å². The summed E-state index contributed by atoms with van der Waals surface area (Å²) in [6, 6.07) is 0. The molecule has 1 fully saturated rings. The minimum Gasteiger partial charge on any atom is -0.450 e. The van der Waals surface area contributed by atoms with Crippen molar-refractivity contribution >= 4 is 6.16 Å². The molecule has 1 saturated carbocycles. The van der Waals surface area contributed by atoms with Gasteiger partial charge in [-0.25, -0.2) is 4.79 Å². The van der Waals surface area contributed by atoms with Crippen molar-refractivity contribution in [3.8, 4) is 0 Å². The molecule has 0 heterocycles. The molecule has 1 atom stereocenters. The van der Waals surface area contributed by atoms with Crippen molar-refractivity contribution in [2.45, 2.75) is 20.3 Å². The molecule has 0 amide bonds. The molecule has 11 heavy (non-hydrogen) atoms. The smallest absolute Gasteiger partial charge is 0.450 e. The lowest BCUT2D eigenvalue weighted by Gasteiger charge is -1.93. The van der Waals surface area contributed by atoms with Gasteiger partial charge in [0.1, 0.15) is 0 Å². The van der Waals surface area contributed by atoms with Crippen LogP contribution < -0.4 is 0 Å². The zero-order chi connectivity index (χ0) is 9.07. The Balaban J connectivity index is 0.000000218. The van der Waals surface area contributed by atoms with Gasteiger partial charge < -0.3 is 10.2 Å². The summed E-state index contributed by atoms with van der Waals surface area (Å²) >= 11 is 0. The zero-order valence-electron chi connectivity index (χ0n) is 6.87. The summed E-state index contributed by atoms with van der Waals surface area (Å²) in [4.78, 5) is 8.56. The Morgan fingerprint density at radius 1 is 1.64 bits per heavy atom. The van der Waals surface area contributed by atoms with Gasteiger partial charge >= 0.3 is 6.16 Å². The lowest BCUT2D eigenvalue weighted by atomic mass is 10.1. The van der Waals surface area contributed by atoms with Crippen LogP contribution in [0.2, 0.25) is 0 Å². The predicted molar refractivity (Wildman–Crippen MR) is 42.7 cm³/mol. The van der Waals surface area contributed by atoms with Gasteiger partial charge in [0, 0.05) is 0 Å². The average molecular weight is 158 g/mol. The molecule has 1 aliphatic rings. The van der Waals surface area contributed by atoms with Crippen molar-refractivity contribution in [1.29, 1.82) is 0 Å². The van der Waals surface area contributed by atoms with E-state index in [0.29, 0.717) is 5.41 Å². The Hall–Kier alpha value is -0.990. The Labute approximate surface area is 66.4 Å². The largest absolute Gasteiger partial charge is 0.503 e. The summed E-state index contributed by atoms with van der Waals surface area (Å²) in [5, 5.41) is 13.9. The Morgan fingerprint density at radius 3 is 1.91 bits per heavy atom. The molecule has 0 aromatic carbocycles. The lowest BCUT2D eigenvalue weighted by molar-refractivity contribution is 0.137. The highest BCUT2D eigenvalue weighted by Crippen LogP contribution is 2.51. The number of carbonyl (C=O) groups is 1. The van der Waals surface area contributed by atoms with Gasteiger partial charge in [0.15, 0.2) is 0 Å². The molecule has 3 heteroatoms. The molecule has 0 radical (unpaired) electrons. The molecule has 3 nitrogen and oxygen atoms in total. The number of carboxylic acid groups (broad SMARTS) is 2. The molecule has 0 bridgehead atoms. The van der Waals surface area contributed by atoms with Crippen molar-refractivity contribution in [3.05, 3.63) is 12.7 Å². The third-order valence-corrected chi connectivity index (χ3v) is 1.87. The highest BCUT2D eigenvalue weighted by atomic mass is 16.6. The van der Waals surface area contributed by atoms with Crippen LogP contribution in [0.5, 0.6) is 0 Å². The summed E-state index contributed by atoms with van der Waals surface area (Å²) in [6.45, 7) is 8.27. The number of hydrogen-bond donors (Lipinski definition) is 2. The van der Waals surface area contributed by atoms with Gasteiger partial charge in [0.25, 0.3) is 0 Å². The van der Waals surface area contributed by atoms with E-state index in [1.807, 2.05) is 0 Å². The van der Waals surface area contributed by atoms with E-state index in [1.165, 1.54) is 6.42 Å². The summed E-state index contributed by atoms with van der Waals surface area (Å²) in [5.41, 5.74) is 0.599. The van der Waals surface area contributed by atoms with Gasteiger partial charge in [-0.05, 0) is 17.8 Å². The molecule has 0 aliphatic heterocycles. The monoisotopic (exact) mass is 158 g/mol. The first kappa shape index (κ1) is 10.0. The molecular formula is C8H14O3. The summed E-state index contributed by atoms with van der Waals surface area (Å²) in [6.07, 6.45) is 1.57. The van der Waals surface area contributed by atoms with E-state index in [0.717, 1.165) is 5.92 Å². The third-order valence-electron chi connectivity index (χ3n) is 1.87. The molecule has 0 spiro atoms. The number of hydrogen-bond acceptors (Lipinski definition) is 1. The van der Waals surface area contributed by atoms with Crippen LogP contribution >= 0.6 is 0 Å². The lowest BCUT2D eigenvalue weighted by Crippen LogP contribution is -1.84. The van der Waals surface area contributed by atoms with E-state index < -0.39 is 6.16 Å². The summed E-state index contributed by atoms with van der Waals surface area (Å²) in [5.74, 6) is 0.812. The molecule has 64 valence electrons. The Morgan fingerprint density at radius 2 is 1.91 bits per heavy atom. The maximum Gasteiger partial charge on any atom is 0.503 e. The standard InChI is InChI=1S/C7H12.CH2O3/c1-4-6-5-7(6,2)3;2-1(3)4/h4,6H,1,5H2,2-3H3;(H2,2,3,4). The first-order valence-electron chi connectivity index (χ1n) is 3.44. The van der Waals surface area contributed by atoms with E-state index in [2.05, 4.69) is 26.5 Å². The Kier molecular flexibility index (Phi) is 3.11. The van der Waals surface area contributed by atoms with E-state index in [9.17, 15) is 0 Å². The quantitative estimate of drug-likeness (QED) is 0.576. The molecule has 0 aromatic heterocycles. The van der Waals surface area contributed by atoms with Gasteiger partial charge in [0.2, 0.25) is 0 Å². The van der Waals surface area contributed by atoms with Crippen LogP contribution in [-0.4, -0.2) is 16.4 Å². The van der Waals surface area contributed by atoms with Gasteiger partial charge in [-0.15, -0.1) is 6.58 Å². The first-order chi connectivity index (χ1) is 4.90. The summed E-state index contributed by atoms with van der Waals surface area (Å²) in [7, 11) is 0. The zero-order valence-corrected chi connectivity index (χ0v) is 6.87. The van der Waals surface area contributed by atoms with E-state index >= 15 is 0 Å². The van der Waals surface area contributed by atoms with Gasteiger partial charge in [-0.3, -0.25) is 0 Å². The van der Waals surface area contributed by atoms with Crippen LogP contribution in [0.4, 0.5) is 4.79 Å². The summed E-state index contributed by atoms with van der Waals surface area (Å²) < 4.78 is 0. The number of rotatable bonds is 1. The van der Waals surface area contributed by atoms with Crippen molar-refractivity contribution in [1.82, 2.24) is 0 Å². The molecular weight excluding hydrogens is 144 g/mol. The van der Waals surface area contributed by atoms with E-state index in [4.69, 9.17) is 15.0 Å². The molecule has 2 N–H and O–H groups in total. The highest BCUT2D eigenvalue weighted by Gasteiger charge is 2.42. The normalized spacial score (nSPS) is 24.4. The third kappa shape index (κ3) is 4.42. The van der Waals surface area contributed by atoms with Crippen LogP contribution in [0, 0.1) is 11.3 Å². The fraction of sp³-hybridized carbons (Fsp3) is 0.625. The van der Waals surface area contributed by atoms with Crippen LogP contribution in [0.15, 0.2) is 12.7 Å². The molecule has 1 rings (SSSR count). The van der Waals surface area contributed by atoms with Crippen molar-refractivity contribution in [2.75, 3.05) is 0 Å². The van der Waals surface area contributed by atoms with Crippen molar-refractivity contribution in [3.63, 3.8) is 0 Å². The predicted octanol–water partition coefficient (Wildman–Crippen LogP) is 2.44. The fourth-order valence-corrected chi connectivity index (χ4v) is 0.910. The second-order valence-corrected chi connectivity index (χ2v) is 3.32. The van der Waals surface area contributed by atoms with Gasteiger partial charge in [0.05, 0.1) is 0 Å². The SMILES string of the molecule is C=CC1CC1(C)C.O=C(O)O. The van der Waals surface area contributed by atoms with Crippen molar-refractivity contribution < 1.29 is 15.0 Å². The minimum absolute atomic E-state index is 0.599. The second-order valence-electron chi connectivity index (χ2n) is 3.32. The van der Waals surface area contributed by atoms with Crippen molar-refractivity contribution in [2.24, 2.45) is 11.3 Å². The van der Waals surface area contributed by atoms with Gasteiger partial charge in [-0.2, -0.15) is 0 Å². The molecule has 0 aromatic rings. The molecule has 1 unspecified atom stereocenters. The average Bonchev–Trinajstić information content (AvgIpc) is 2.38. The molecule has 0 saturated heterocycles. The maximum atomic E-state index is 8.56. The first-order valence-corrected chi connectivity index (χ1v) is 3.44. The molecule has 1 aliphatic carbocycles. The van der Waals surface area contributed by atoms with Crippen LogP contribution in [-0.2, 0) is 0 Å². The van der Waals surface area contributed by atoms with Crippen LogP contribution in [0.3, 0.4) is 0 Å². The van der Waals surface area contributed by atoms with Crippen LogP contribution in [0.1, 0.15) is 20.3 Å². The minimum atomic E-state index is -1.83. The second kappa shape index (κ2) is 3.42. The van der Waals surface area contributed by atoms with Gasteiger partial charge in [-0.1, -0.05) is 19.9 Å². The highest BCUT2D eigenvalue weighted by molar-refractivity contribution is 5.53. The number of allylic oxidation sites excluding steroid dienone is 1. The fourth-order valence-electron chi connectivity index (χ4n) is 0.910. The Bertz CT molecular complexity index is 157. The maximum absolute atomic E-state index is 8.56. The van der Waals surface area contributed by atoms with E-state index in [-0.39, 0.29) is 0 Å². The van der Waals surface area contributed by atoms with E-state index in [1.54, 1.807) is 0 Å². The van der Waals surface area contributed by atoms with Crippen LogP contribution in [0.25, 0.3) is 0 Å².